The maximum atomic E-state index is 12.9. The van der Waals surface area contributed by atoms with Gasteiger partial charge in [0.2, 0.25) is 0 Å². The van der Waals surface area contributed by atoms with Crippen molar-refractivity contribution in [1.82, 2.24) is 14.9 Å². The molecule has 4 rings (SSSR count). The molecule has 3 nitrogen and oxygen atoms in total. The first-order chi connectivity index (χ1) is 13.5. The van der Waals surface area contributed by atoms with Crippen molar-refractivity contribution >= 4 is 16.5 Å². The minimum atomic E-state index is -4.41. The average Bonchev–Trinajstić information content (AvgIpc) is 2.72. The second kappa shape index (κ2) is 7.72. The standard InChI is InChI=1S/C22H20F3N3/c23-22(24,25)21-5-1-4-19(27-21)18-9-13-28(14-10-18)12-8-16-6-7-17-3-2-11-26-20(17)15-16/h1-7,9,11,15H,8,10,12-14H2. The van der Waals surface area contributed by atoms with Gasteiger partial charge in [0.05, 0.1) is 11.2 Å². The highest BCUT2D eigenvalue weighted by molar-refractivity contribution is 5.78. The van der Waals surface area contributed by atoms with Crippen LogP contribution in [0, 0.1) is 0 Å². The highest BCUT2D eigenvalue weighted by atomic mass is 19.4. The van der Waals surface area contributed by atoms with E-state index in [1.54, 1.807) is 12.3 Å². The molecule has 0 bridgehead atoms. The van der Waals surface area contributed by atoms with Crippen LogP contribution >= 0.6 is 0 Å². The maximum absolute atomic E-state index is 12.9. The molecule has 1 aliphatic heterocycles. The van der Waals surface area contributed by atoms with E-state index in [0.29, 0.717) is 12.1 Å². The van der Waals surface area contributed by atoms with Crippen molar-refractivity contribution in [3.05, 3.63) is 77.8 Å². The third-order valence-electron chi connectivity index (χ3n) is 5.05. The molecule has 3 heterocycles. The molecule has 0 aliphatic carbocycles. The quantitative estimate of drug-likeness (QED) is 0.636. The molecule has 0 spiro atoms. The molecule has 1 aromatic carbocycles. The number of hydrogen-bond acceptors (Lipinski definition) is 3. The Morgan fingerprint density at radius 1 is 1.04 bits per heavy atom. The number of aromatic nitrogens is 2. The number of benzene rings is 1. The van der Waals surface area contributed by atoms with Gasteiger partial charge in [-0.15, -0.1) is 0 Å². The SMILES string of the molecule is FC(F)(F)c1cccc(C2=CCN(CCc3ccc4cccnc4c3)CC2)n1. The molecular formula is C22H20F3N3. The van der Waals surface area contributed by atoms with E-state index in [4.69, 9.17) is 0 Å². The molecular weight excluding hydrogens is 363 g/mol. The number of alkyl halides is 3. The van der Waals surface area contributed by atoms with Gasteiger partial charge in [-0.25, -0.2) is 4.98 Å². The molecule has 2 aromatic heterocycles. The number of halogens is 3. The lowest BCUT2D eigenvalue weighted by Gasteiger charge is -2.26. The predicted octanol–water partition coefficient (Wildman–Crippen LogP) is 4.98. The molecule has 144 valence electrons. The zero-order chi connectivity index (χ0) is 19.6. The van der Waals surface area contributed by atoms with E-state index < -0.39 is 11.9 Å². The van der Waals surface area contributed by atoms with E-state index in [0.717, 1.165) is 48.6 Å². The lowest BCUT2D eigenvalue weighted by molar-refractivity contribution is -0.141. The summed E-state index contributed by atoms with van der Waals surface area (Å²) in [6.07, 6.45) is 0.996. The van der Waals surface area contributed by atoms with Gasteiger partial charge in [-0.1, -0.05) is 30.3 Å². The Morgan fingerprint density at radius 3 is 2.71 bits per heavy atom. The van der Waals surface area contributed by atoms with E-state index in [1.165, 1.54) is 11.6 Å². The minimum absolute atomic E-state index is 0.426. The number of rotatable bonds is 4. The van der Waals surface area contributed by atoms with Gasteiger partial charge < -0.3 is 0 Å². The van der Waals surface area contributed by atoms with Crippen molar-refractivity contribution in [3.63, 3.8) is 0 Å². The zero-order valence-electron chi connectivity index (χ0n) is 15.3. The monoisotopic (exact) mass is 383 g/mol. The normalized spacial score (nSPS) is 15.6. The molecule has 3 aromatic rings. The van der Waals surface area contributed by atoms with Crippen molar-refractivity contribution in [2.45, 2.75) is 19.0 Å². The van der Waals surface area contributed by atoms with Crippen LogP contribution in [0.25, 0.3) is 16.5 Å². The molecule has 6 heteroatoms. The molecule has 0 unspecified atom stereocenters. The second-order valence-corrected chi connectivity index (χ2v) is 6.97. The summed E-state index contributed by atoms with van der Waals surface area (Å²) in [7, 11) is 0. The van der Waals surface area contributed by atoms with Crippen molar-refractivity contribution in [2.75, 3.05) is 19.6 Å². The lowest BCUT2D eigenvalue weighted by atomic mass is 10.0. The molecule has 0 atom stereocenters. The van der Waals surface area contributed by atoms with Gasteiger partial charge in [-0.05, 0) is 48.2 Å². The summed E-state index contributed by atoms with van der Waals surface area (Å²) in [5.41, 5.74) is 2.71. The number of fused-ring (bicyclic) bond motifs is 1. The summed E-state index contributed by atoms with van der Waals surface area (Å²) in [6.45, 7) is 2.44. The molecule has 1 aliphatic rings. The molecule has 0 fully saturated rings. The average molecular weight is 383 g/mol. The smallest absolute Gasteiger partial charge is 0.299 e. The van der Waals surface area contributed by atoms with E-state index in [9.17, 15) is 13.2 Å². The molecule has 0 radical (unpaired) electrons. The highest BCUT2D eigenvalue weighted by Crippen LogP contribution is 2.29. The van der Waals surface area contributed by atoms with Crippen LogP contribution in [-0.4, -0.2) is 34.5 Å². The van der Waals surface area contributed by atoms with Gasteiger partial charge in [0.25, 0.3) is 0 Å². The van der Waals surface area contributed by atoms with Crippen molar-refractivity contribution < 1.29 is 13.2 Å². The second-order valence-electron chi connectivity index (χ2n) is 6.97. The summed E-state index contributed by atoms with van der Waals surface area (Å²) < 4.78 is 38.6. The summed E-state index contributed by atoms with van der Waals surface area (Å²) in [6, 6.07) is 14.4. The van der Waals surface area contributed by atoms with Gasteiger partial charge in [0.1, 0.15) is 5.69 Å². The topological polar surface area (TPSA) is 29.0 Å². The van der Waals surface area contributed by atoms with E-state index >= 15 is 0 Å². The highest BCUT2D eigenvalue weighted by Gasteiger charge is 2.32. The van der Waals surface area contributed by atoms with Crippen molar-refractivity contribution in [2.24, 2.45) is 0 Å². The zero-order valence-corrected chi connectivity index (χ0v) is 15.3. The Hall–Kier alpha value is -2.73. The first-order valence-electron chi connectivity index (χ1n) is 9.29. The fourth-order valence-corrected chi connectivity index (χ4v) is 3.47. The van der Waals surface area contributed by atoms with Crippen molar-refractivity contribution in [1.29, 1.82) is 0 Å². The Labute approximate surface area is 161 Å². The summed E-state index contributed by atoms with van der Waals surface area (Å²) >= 11 is 0. The van der Waals surface area contributed by atoms with Gasteiger partial charge in [0.15, 0.2) is 0 Å². The van der Waals surface area contributed by atoms with Crippen LogP contribution < -0.4 is 0 Å². The van der Waals surface area contributed by atoms with Crippen LogP contribution in [0.2, 0.25) is 0 Å². The van der Waals surface area contributed by atoms with Gasteiger partial charge in [0, 0.05) is 31.2 Å². The van der Waals surface area contributed by atoms with Crippen LogP contribution in [0.5, 0.6) is 0 Å². The maximum Gasteiger partial charge on any atom is 0.433 e. The van der Waals surface area contributed by atoms with Crippen LogP contribution in [0.4, 0.5) is 13.2 Å². The molecule has 0 saturated carbocycles. The van der Waals surface area contributed by atoms with Gasteiger partial charge in [-0.3, -0.25) is 9.88 Å². The third kappa shape index (κ3) is 4.22. The molecule has 0 saturated heterocycles. The summed E-state index contributed by atoms with van der Waals surface area (Å²) in [4.78, 5) is 10.5. The van der Waals surface area contributed by atoms with E-state index in [-0.39, 0.29) is 0 Å². The first-order valence-corrected chi connectivity index (χ1v) is 9.29. The fraction of sp³-hybridized carbons (Fsp3) is 0.273. The Morgan fingerprint density at radius 2 is 1.93 bits per heavy atom. The minimum Gasteiger partial charge on any atom is -0.299 e. The first kappa shape index (κ1) is 18.6. The molecule has 28 heavy (non-hydrogen) atoms. The van der Waals surface area contributed by atoms with Crippen molar-refractivity contribution in [3.8, 4) is 0 Å². The van der Waals surface area contributed by atoms with E-state index in [2.05, 4.69) is 33.1 Å². The summed E-state index contributed by atoms with van der Waals surface area (Å²) in [5.74, 6) is 0. The van der Waals surface area contributed by atoms with Crippen LogP contribution in [0.3, 0.4) is 0 Å². The Balaban J connectivity index is 1.38. The summed E-state index contributed by atoms with van der Waals surface area (Å²) in [5, 5.41) is 1.13. The third-order valence-corrected chi connectivity index (χ3v) is 5.05. The van der Waals surface area contributed by atoms with Crippen LogP contribution in [-0.2, 0) is 12.6 Å². The lowest BCUT2D eigenvalue weighted by Crippen LogP contribution is -2.30. The largest absolute Gasteiger partial charge is 0.433 e. The van der Waals surface area contributed by atoms with E-state index in [1.807, 2.05) is 18.2 Å². The number of hydrogen-bond donors (Lipinski definition) is 0. The van der Waals surface area contributed by atoms with Gasteiger partial charge >= 0.3 is 6.18 Å². The Bertz CT molecular complexity index is 1010. The van der Waals surface area contributed by atoms with Gasteiger partial charge in [-0.2, -0.15) is 13.2 Å². The Kier molecular flexibility index (Phi) is 5.13. The molecule has 0 amide bonds. The van der Waals surface area contributed by atoms with Crippen LogP contribution in [0.15, 0.2) is 60.8 Å². The fourth-order valence-electron chi connectivity index (χ4n) is 3.47. The predicted molar refractivity (Wildman–Crippen MR) is 104 cm³/mol. The van der Waals surface area contributed by atoms with Crippen LogP contribution in [0.1, 0.15) is 23.4 Å². The number of pyridine rings is 2. The number of nitrogens with zero attached hydrogens (tertiary/aromatic N) is 3. The molecule has 0 N–H and O–H groups in total.